The van der Waals surface area contributed by atoms with Crippen molar-refractivity contribution in [1.82, 2.24) is 5.32 Å². The third-order valence-electron chi connectivity index (χ3n) is 3.38. The van der Waals surface area contributed by atoms with Crippen LogP contribution in [0.2, 0.25) is 0 Å². The maximum absolute atomic E-state index is 5.69. The molecule has 1 aromatic rings. The first-order valence-corrected chi connectivity index (χ1v) is 6.84. The number of para-hydroxylation sites is 1. The average molecular weight is 233 g/mol. The van der Waals surface area contributed by atoms with E-state index in [0.717, 1.165) is 25.4 Å². The predicted octanol–water partition coefficient (Wildman–Crippen LogP) is 3.33. The first kappa shape index (κ1) is 12.4. The molecule has 1 unspecified atom stereocenters. The zero-order chi connectivity index (χ0) is 11.9. The SMILES string of the molecule is CCCNCCCCC1COc2ccccc21. The van der Waals surface area contributed by atoms with Crippen LogP contribution in [0.4, 0.5) is 0 Å². The Kier molecular flexibility index (Phi) is 4.87. The summed E-state index contributed by atoms with van der Waals surface area (Å²) in [5.74, 6) is 1.72. The van der Waals surface area contributed by atoms with E-state index < -0.39 is 0 Å². The number of unbranched alkanes of at least 4 members (excludes halogenated alkanes) is 1. The van der Waals surface area contributed by atoms with Gasteiger partial charge in [-0.1, -0.05) is 31.5 Å². The molecule has 0 aliphatic carbocycles. The van der Waals surface area contributed by atoms with Crippen molar-refractivity contribution >= 4 is 0 Å². The molecule has 1 N–H and O–H groups in total. The second-order valence-electron chi connectivity index (χ2n) is 4.79. The van der Waals surface area contributed by atoms with Crippen LogP contribution in [0.1, 0.15) is 44.1 Å². The molecule has 1 aliphatic heterocycles. The van der Waals surface area contributed by atoms with Gasteiger partial charge in [0.1, 0.15) is 5.75 Å². The van der Waals surface area contributed by atoms with Gasteiger partial charge >= 0.3 is 0 Å². The van der Waals surface area contributed by atoms with E-state index in [2.05, 4.69) is 36.5 Å². The number of nitrogens with one attached hydrogen (secondary N) is 1. The minimum Gasteiger partial charge on any atom is -0.493 e. The lowest BCUT2D eigenvalue weighted by Crippen LogP contribution is -2.16. The van der Waals surface area contributed by atoms with Crippen molar-refractivity contribution in [3.8, 4) is 5.75 Å². The van der Waals surface area contributed by atoms with E-state index in [4.69, 9.17) is 4.74 Å². The highest BCUT2D eigenvalue weighted by molar-refractivity contribution is 5.39. The number of benzene rings is 1. The van der Waals surface area contributed by atoms with Gasteiger partial charge in [-0.2, -0.15) is 0 Å². The third kappa shape index (κ3) is 3.47. The van der Waals surface area contributed by atoms with Crippen LogP contribution in [-0.4, -0.2) is 19.7 Å². The predicted molar refractivity (Wildman–Crippen MR) is 71.7 cm³/mol. The zero-order valence-electron chi connectivity index (χ0n) is 10.7. The Morgan fingerprint density at radius 1 is 1.24 bits per heavy atom. The number of ether oxygens (including phenoxy) is 1. The number of fused-ring (bicyclic) bond motifs is 1. The molecule has 2 rings (SSSR count). The van der Waals surface area contributed by atoms with E-state index in [-0.39, 0.29) is 0 Å². The quantitative estimate of drug-likeness (QED) is 0.729. The summed E-state index contributed by atoms with van der Waals surface area (Å²) in [6.45, 7) is 5.39. The molecule has 0 spiro atoms. The summed E-state index contributed by atoms with van der Waals surface area (Å²) in [5, 5.41) is 3.45. The minimum atomic E-state index is 0.623. The monoisotopic (exact) mass is 233 g/mol. The summed E-state index contributed by atoms with van der Waals surface area (Å²) < 4.78 is 5.69. The fourth-order valence-electron chi connectivity index (χ4n) is 2.41. The van der Waals surface area contributed by atoms with Crippen molar-refractivity contribution in [3.05, 3.63) is 29.8 Å². The van der Waals surface area contributed by atoms with Gasteiger partial charge in [0.05, 0.1) is 6.61 Å². The van der Waals surface area contributed by atoms with Crippen LogP contribution in [-0.2, 0) is 0 Å². The van der Waals surface area contributed by atoms with Crippen LogP contribution >= 0.6 is 0 Å². The lowest BCUT2D eigenvalue weighted by molar-refractivity contribution is 0.322. The molecule has 0 aromatic heterocycles. The highest BCUT2D eigenvalue weighted by atomic mass is 16.5. The summed E-state index contributed by atoms with van der Waals surface area (Å²) in [6.07, 6.45) is 5.05. The van der Waals surface area contributed by atoms with E-state index in [1.165, 1.54) is 31.2 Å². The average Bonchev–Trinajstić information content (AvgIpc) is 2.77. The molecule has 2 nitrogen and oxygen atoms in total. The van der Waals surface area contributed by atoms with Crippen molar-refractivity contribution < 1.29 is 4.74 Å². The Morgan fingerprint density at radius 3 is 3.00 bits per heavy atom. The first-order valence-electron chi connectivity index (χ1n) is 6.84. The summed E-state index contributed by atoms with van der Waals surface area (Å²) in [6, 6.07) is 8.46. The van der Waals surface area contributed by atoms with E-state index in [1.807, 2.05) is 0 Å². The van der Waals surface area contributed by atoms with Gasteiger partial charge in [-0.3, -0.25) is 0 Å². The van der Waals surface area contributed by atoms with Crippen LogP contribution in [0.3, 0.4) is 0 Å². The van der Waals surface area contributed by atoms with Gasteiger partial charge in [0.25, 0.3) is 0 Å². The molecule has 2 heteroatoms. The number of hydrogen-bond donors (Lipinski definition) is 1. The van der Waals surface area contributed by atoms with Crippen molar-refractivity contribution in [1.29, 1.82) is 0 Å². The van der Waals surface area contributed by atoms with Crippen LogP contribution in [0, 0.1) is 0 Å². The molecule has 0 amide bonds. The van der Waals surface area contributed by atoms with Gasteiger partial charge in [0, 0.05) is 11.5 Å². The van der Waals surface area contributed by atoms with Crippen LogP contribution in [0.25, 0.3) is 0 Å². The molecule has 0 saturated carbocycles. The van der Waals surface area contributed by atoms with E-state index in [0.29, 0.717) is 5.92 Å². The molecule has 0 fully saturated rings. The van der Waals surface area contributed by atoms with Gasteiger partial charge in [-0.25, -0.2) is 0 Å². The Morgan fingerprint density at radius 2 is 2.12 bits per heavy atom. The van der Waals surface area contributed by atoms with Gasteiger partial charge in [-0.05, 0) is 38.4 Å². The highest BCUT2D eigenvalue weighted by Crippen LogP contribution is 2.36. The van der Waals surface area contributed by atoms with Gasteiger partial charge < -0.3 is 10.1 Å². The molecule has 0 bridgehead atoms. The number of rotatable bonds is 7. The first-order chi connectivity index (χ1) is 8.42. The molecular formula is C15H23NO. The second-order valence-corrected chi connectivity index (χ2v) is 4.79. The highest BCUT2D eigenvalue weighted by Gasteiger charge is 2.22. The molecule has 1 heterocycles. The van der Waals surface area contributed by atoms with Crippen molar-refractivity contribution in [3.63, 3.8) is 0 Å². The van der Waals surface area contributed by atoms with Crippen LogP contribution in [0.15, 0.2) is 24.3 Å². The molecule has 94 valence electrons. The summed E-state index contributed by atoms with van der Waals surface area (Å²) >= 11 is 0. The lowest BCUT2D eigenvalue weighted by atomic mass is 9.95. The van der Waals surface area contributed by atoms with Crippen molar-refractivity contribution in [2.75, 3.05) is 19.7 Å². The van der Waals surface area contributed by atoms with Gasteiger partial charge in [0.15, 0.2) is 0 Å². The Bertz CT molecular complexity index is 337. The molecule has 0 saturated heterocycles. The van der Waals surface area contributed by atoms with E-state index in [9.17, 15) is 0 Å². The van der Waals surface area contributed by atoms with E-state index in [1.54, 1.807) is 0 Å². The maximum atomic E-state index is 5.69. The largest absolute Gasteiger partial charge is 0.493 e. The van der Waals surface area contributed by atoms with Crippen molar-refractivity contribution in [2.24, 2.45) is 0 Å². The molecular weight excluding hydrogens is 210 g/mol. The van der Waals surface area contributed by atoms with Gasteiger partial charge in [0.2, 0.25) is 0 Å². The molecule has 1 aromatic carbocycles. The smallest absolute Gasteiger partial charge is 0.122 e. The molecule has 0 radical (unpaired) electrons. The maximum Gasteiger partial charge on any atom is 0.122 e. The van der Waals surface area contributed by atoms with E-state index >= 15 is 0 Å². The fraction of sp³-hybridized carbons (Fsp3) is 0.600. The standard InChI is InChI=1S/C15H23NO/c1-2-10-16-11-6-5-7-13-12-17-15-9-4-3-8-14(13)15/h3-4,8-9,13,16H,2,5-7,10-12H2,1H3. The van der Waals surface area contributed by atoms with Crippen LogP contribution in [0.5, 0.6) is 5.75 Å². The molecule has 1 aliphatic rings. The Labute approximate surface area is 104 Å². The fourth-order valence-corrected chi connectivity index (χ4v) is 2.41. The van der Waals surface area contributed by atoms with Crippen LogP contribution < -0.4 is 10.1 Å². The number of hydrogen-bond acceptors (Lipinski definition) is 2. The second kappa shape index (κ2) is 6.65. The Hall–Kier alpha value is -1.02. The topological polar surface area (TPSA) is 21.3 Å². The van der Waals surface area contributed by atoms with Crippen molar-refractivity contribution in [2.45, 2.75) is 38.5 Å². The Balaban J connectivity index is 1.68. The third-order valence-corrected chi connectivity index (χ3v) is 3.38. The summed E-state index contributed by atoms with van der Waals surface area (Å²) in [5.41, 5.74) is 1.41. The minimum absolute atomic E-state index is 0.623. The summed E-state index contributed by atoms with van der Waals surface area (Å²) in [7, 11) is 0. The molecule has 17 heavy (non-hydrogen) atoms. The lowest BCUT2D eigenvalue weighted by Gasteiger charge is -2.08. The normalized spacial score (nSPS) is 17.8. The zero-order valence-corrected chi connectivity index (χ0v) is 10.7. The molecule has 1 atom stereocenters. The summed E-state index contributed by atoms with van der Waals surface area (Å²) in [4.78, 5) is 0. The van der Waals surface area contributed by atoms with Gasteiger partial charge in [-0.15, -0.1) is 0 Å².